The first kappa shape index (κ1) is 24.6. The number of aromatic nitrogens is 3. The van der Waals surface area contributed by atoms with Crippen molar-refractivity contribution in [2.75, 3.05) is 20.6 Å². The van der Waals surface area contributed by atoms with Gasteiger partial charge in [-0.2, -0.15) is 4.98 Å². The standard InChI is InChI=1S/C27H36N6O3/c1-17(21-9-7-15-33(21)3)35-23-16-20(19(28)11-14-29-2)30-26(31-23)24-18-8-6-13-27(25(18)32-36-24)12-5-4-10-22(27)34/h11,14,16-17,21,28-29H,4-10,12-13,15H2,1-3H3/b14-11-,28-19?/t17-,21-,27+/m0/s1. The third-order valence-corrected chi connectivity index (χ3v) is 8.09. The van der Waals surface area contributed by atoms with Crippen molar-refractivity contribution in [1.82, 2.24) is 25.3 Å². The van der Waals surface area contributed by atoms with Crippen LogP contribution in [0.3, 0.4) is 0 Å². The molecule has 0 radical (unpaired) electrons. The first-order valence-corrected chi connectivity index (χ1v) is 13.1. The van der Waals surface area contributed by atoms with E-state index in [1.54, 1.807) is 25.4 Å². The third-order valence-electron chi connectivity index (χ3n) is 8.09. The molecule has 9 heteroatoms. The maximum Gasteiger partial charge on any atom is 0.217 e. The van der Waals surface area contributed by atoms with Crippen molar-refractivity contribution in [2.24, 2.45) is 0 Å². The second kappa shape index (κ2) is 10.1. The number of hydrogen-bond donors (Lipinski definition) is 2. The summed E-state index contributed by atoms with van der Waals surface area (Å²) in [7, 11) is 3.91. The number of ether oxygens (including phenoxy) is 1. The number of rotatable bonds is 7. The molecule has 3 atom stereocenters. The third kappa shape index (κ3) is 4.45. The second-order valence-corrected chi connectivity index (χ2v) is 10.4. The summed E-state index contributed by atoms with van der Waals surface area (Å²) in [5, 5.41) is 15.9. The number of ketones is 1. The van der Waals surface area contributed by atoms with Crippen LogP contribution in [0.4, 0.5) is 0 Å². The Morgan fingerprint density at radius 1 is 1.28 bits per heavy atom. The van der Waals surface area contributed by atoms with Crippen LogP contribution in [0.25, 0.3) is 11.6 Å². The molecule has 2 aliphatic carbocycles. The summed E-state index contributed by atoms with van der Waals surface area (Å²) in [5.74, 6) is 1.54. The van der Waals surface area contributed by atoms with Gasteiger partial charge in [-0.05, 0) is 77.7 Å². The lowest BCUT2D eigenvalue weighted by atomic mass is 9.64. The molecule has 2 aromatic rings. The normalized spacial score (nSPS) is 25.3. The van der Waals surface area contributed by atoms with Gasteiger partial charge in [0.05, 0.1) is 16.8 Å². The van der Waals surface area contributed by atoms with E-state index in [4.69, 9.17) is 19.7 Å². The highest BCUT2D eigenvalue weighted by atomic mass is 16.5. The van der Waals surface area contributed by atoms with Crippen molar-refractivity contribution >= 4 is 11.5 Å². The largest absolute Gasteiger partial charge is 0.473 e. The zero-order valence-corrected chi connectivity index (χ0v) is 21.5. The quantitative estimate of drug-likeness (QED) is 0.561. The molecular weight excluding hydrogens is 456 g/mol. The number of hydrogen-bond acceptors (Lipinski definition) is 9. The predicted octanol–water partition coefficient (Wildman–Crippen LogP) is 3.81. The molecule has 2 aromatic heterocycles. The van der Waals surface area contributed by atoms with Crippen molar-refractivity contribution in [2.45, 2.75) is 82.3 Å². The number of carbonyl (C=O) groups is 1. The average molecular weight is 493 g/mol. The number of likely N-dealkylation sites (tertiary alicyclic amines) is 1. The zero-order valence-electron chi connectivity index (χ0n) is 21.5. The van der Waals surface area contributed by atoms with E-state index >= 15 is 0 Å². The Labute approximate surface area is 212 Å². The van der Waals surface area contributed by atoms with Gasteiger partial charge in [-0.1, -0.05) is 11.6 Å². The van der Waals surface area contributed by atoms with Crippen LogP contribution in [-0.4, -0.2) is 64.3 Å². The Hall–Kier alpha value is -3.07. The van der Waals surface area contributed by atoms with Crippen LogP contribution in [-0.2, 0) is 16.6 Å². The molecule has 5 rings (SSSR count). The minimum absolute atomic E-state index is 0.0677. The van der Waals surface area contributed by atoms with Crippen LogP contribution in [0.5, 0.6) is 5.88 Å². The van der Waals surface area contributed by atoms with E-state index < -0.39 is 5.41 Å². The van der Waals surface area contributed by atoms with Gasteiger partial charge in [0.25, 0.3) is 0 Å². The summed E-state index contributed by atoms with van der Waals surface area (Å²) in [6.45, 7) is 3.12. The Bertz CT molecular complexity index is 1170. The van der Waals surface area contributed by atoms with E-state index in [-0.39, 0.29) is 17.6 Å². The lowest BCUT2D eigenvalue weighted by molar-refractivity contribution is -0.127. The van der Waals surface area contributed by atoms with E-state index in [0.717, 1.165) is 69.2 Å². The highest BCUT2D eigenvalue weighted by molar-refractivity contribution is 6.05. The van der Waals surface area contributed by atoms with E-state index in [1.165, 1.54) is 0 Å². The van der Waals surface area contributed by atoms with Gasteiger partial charge in [0.1, 0.15) is 17.6 Å². The number of carbonyl (C=O) groups excluding carboxylic acids is 1. The monoisotopic (exact) mass is 492 g/mol. The fourth-order valence-electron chi connectivity index (χ4n) is 6.16. The molecule has 3 heterocycles. The van der Waals surface area contributed by atoms with Crippen molar-refractivity contribution < 1.29 is 14.1 Å². The van der Waals surface area contributed by atoms with Crippen molar-refractivity contribution in [3.8, 4) is 17.5 Å². The van der Waals surface area contributed by atoms with Gasteiger partial charge in [-0.3, -0.25) is 15.1 Å². The molecule has 0 bridgehead atoms. The SMILES string of the molecule is CN/C=C\C(=N)c1cc(O[C@@H](C)[C@@H]2CCCN2C)nc(-c2onc3c2CCC[C@@]32CCCCC2=O)n1. The fourth-order valence-corrected chi connectivity index (χ4v) is 6.16. The molecule has 2 N–H and O–H groups in total. The summed E-state index contributed by atoms with van der Waals surface area (Å²) < 4.78 is 12.2. The Kier molecular flexibility index (Phi) is 6.92. The molecule has 0 amide bonds. The molecule has 9 nitrogen and oxygen atoms in total. The second-order valence-electron chi connectivity index (χ2n) is 10.4. The highest BCUT2D eigenvalue weighted by Gasteiger charge is 2.48. The zero-order chi connectivity index (χ0) is 25.3. The number of nitrogens with zero attached hydrogens (tertiary/aromatic N) is 4. The molecule has 1 aliphatic heterocycles. The van der Waals surface area contributed by atoms with E-state index in [2.05, 4.69) is 34.3 Å². The van der Waals surface area contributed by atoms with Gasteiger partial charge >= 0.3 is 0 Å². The van der Waals surface area contributed by atoms with Crippen LogP contribution in [0.1, 0.15) is 75.2 Å². The van der Waals surface area contributed by atoms with Crippen LogP contribution >= 0.6 is 0 Å². The van der Waals surface area contributed by atoms with Crippen molar-refractivity contribution in [1.29, 1.82) is 5.41 Å². The summed E-state index contributed by atoms with van der Waals surface area (Å²) >= 11 is 0. The van der Waals surface area contributed by atoms with Crippen molar-refractivity contribution in [3.05, 3.63) is 35.3 Å². The summed E-state index contributed by atoms with van der Waals surface area (Å²) in [5.41, 5.74) is 1.85. The molecule has 2 fully saturated rings. The molecule has 0 unspecified atom stereocenters. The topological polar surface area (TPSA) is 117 Å². The Morgan fingerprint density at radius 3 is 2.86 bits per heavy atom. The first-order valence-electron chi connectivity index (χ1n) is 13.1. The number of likely N-dealkylation sites (N-methyl/N-ethyl adjacent to an activating group) is 1. The van der Waals surface area contributed by atoms with Crippen LogP contribution < -0.4 is 10.1 Å². The van der Waals surface area contributed by atoms with E-state index in [9.17, 15) is 4.79 Å². The number of fused-ring (bicyclic) bond motifs is 2. The van der Waals surface area contributed by atoms with Crippen molar-refractivity contribution in [3.63, 3.8) is 0 Å². The van der Waals surface area contributed by atoms with Gasteiger partial charge in [0, 0.05) is 31.1 Å². The van der Waals surface area contributed by atoms with E-state index in [1.807, 2.05) is 0 Å². The molecule has 1 saturated heterocycles. The molecule has 0 aromatic carbocycles. The predicted molar refractivity (Wildman–Crippen MR) is 136 cm³/mol. The number of nitrogens with one attached hydrogen (secondary N) is 2. The molecule has 36 heavy (non-hydrogen) atoms. The van der Waals surface area contributed by atoms with Gasteiger partial charge in [0.2, 0.25) is 17.5 Å². The molecule has 192 valence electrons. The molecule has 1 saturated carbocycles. The van der Waals surface area contributed by atoms with Crippen LogP contribution in [0.2, 0.25) is 0 Å². The van der Waals surface area contributed by atoms with Gasteiger partial charge in [-0.15, -0.1) is 0 Å². The minimum Gasteiger partial charge on any atom is -0.473 e. The van der Waals surface area contributed by atoms with E-state index in [0.29, 0.717) is 35.6 Å². The summed E-state index contributed by atoms with van der Waals surface area (Å²) in [6, 6.07) is 2.03. The number of allylic oxidation sites excluding steroid dienone is 1. The molecular formula is C27H36N6O3. The first-order chi connectivity index (χ1) is 17.4. The smallest absolute Gasteiger partial charge is 0.217 e. The average Bonchev–Trinajstić information content (AvgIpc) is 3.51. The fraction of sp³-hybridized carbons (Fsp3) is 0.593. The highest BCUT2D eigenvalue weighted by Crippen LogP contribution is 2.47. The van der Waals surface area contributed by atoms with Crippen LogP contribution in [0.15, 0.2) is 22.9 Å². The molecule has 3 aliphatic rings. The van der Waals surface area contributed by atoms with Gasteiger partial charge < -0.3 is 14.6 Å². The van der Waals surface area contributed by atoms with Gasteiger partial charge in [-0.25, -0.2) is 4.98 Å². The lowest BCUT2D eigenvalue weighted by Crippen LogP contribution is -2.41. The Balaban J connectivity index is 1.53. The minimum atomic E-state index is -0.533. The van der Waals surface area contributed by atoms with Gasteiger partial charge in [0.15, 0.2) is 0 Å². The number of Topliss-reactive ketones (excluding diaryl/α,β-unsaturated/α-hetero) is 1. The maximum atomic E-state index is 13.1. The molecule has 1 spiro atoms. The maximum absolute atomic E-state index is 13.1. The lowest BCUT2D eigenvalue weighted by Gasteiger charge is -2.37. The Morgan fingerprint density at radius 2 is 2.11 bits per heavy atom. The summed E-state index contributed by atoms with van der Waals surface area (Å²) in [6.07, 6.45) is 11.4. The van der Waals surface area contributed by atoms with Crippen LogP contribution in [0, 0.1) is 5.41 Å². The summed E-state index contributed by atoms with van der Waals surface area (Å²) in [4.78, 5) is 24.8.